The highest BCUT2D eigenvalue weighted by Gasteiger charge is 2.06. The predicted molar refractivity (Wildman–Crippen MR) is 119 cm³/mol. The van der Waals surface area contributed by atoms with Gasteiger partial charge >= 0.3 is 0 Å². The lowest BCUT2D eigenvalue weighted by Crippen LogP contribution is -1.74. The fourth-order valence-electron chi connectivity index (χ4n) is 2.29. The Balaban J connectivity index is 0.000000236. The molecule has 0 aliphatic rings. The molecular weight excluding hydrogens is 520 g/mol. The van der Waals surface area contributed by atoms with Gasteiger partial charge in [-0.2, -0.15) is 0 Å². The first kappa shape index (κ1) is 19.2. The molecule has 4 heteroatoms. The molecule has 4 rings (SSSR count). The summed E-state index contributed by atoms with van der Waals surface area (Å²) in [7, 11) is 0. The first-order valence-electron chi connectivity index (χ1n) is 7.94. The van der Waals surface area contributed by atoms with Gasteiger partial charge < -0.3 is 4.42 Å². The van der Waals surface area contributed by atoms with Gasteiger partial charge in [0.05, 0.1) is 0 Å². The third kappa shape index (κ3) is 5.44. The molecule has 0 aliphatic heterocycles. The summed E-state index contributed by atoms with van der Waals surface area (Å²) in [5.41, 5.74) is 2.15. The van der Waals surface area contributed by atoms with Crippen molar-refractivity contribution in [2.45, 2.75) is 0 Å². The maximum atomic E-state index is 5.90. The lowest BCUT2D eigenvalue weighted by atomic mass is 10.2. The van der Waals surface area contributed by atoms with Gasteiger partial charge in [0.25, 0.3) is 0 Å². The van der Waals surface area contributed by atoms with Crippen molar-refractivity contribution in [3.8, 4) is 22.6 Å². The first-order chi connectivity index (χ1) is 12.6. The zero-order chi connectivity index (χ0) is 18.4. The number of furan rings is 1. The summed E-state index contributed by atoms with van der Waals surface area (Å²) in [6, 6.07) is 30.2. The van der Waals surface area contributed by atoms with Gasteiger partial charge in [-0.3, -0.25) is 0 Å². The summed E-state index contributed by atoms with van der Waals surface area (Å²) in [6.07, 6.45) is 0. The maximum absolute atomic E-state index is 5.90. The molecule has 1 nitrogen and oxygen atoms in total. The molecule has 0 saturated heterocycles. The van der Waals surface area contributed by atoms with Gasteiger partial charge in [0, 0.05) is 24.5 Å². The summed E-state index contributed by atoms with van der Waals surface area (Å²) in [5.74, 6) is 1.76. The van der Waals surface area contributed by atoms with Gasteiger partial charge in [0.2, 0.25) is 0 Å². The summed E-state index contributed by atoms with van der Waals surface area (Å²) in [6.45, 7) is 0. The molecule has 0 aliphatic carbocycles. The molecule has 1 heterocycles. The Hall–Kier alpha value is -1.62. The Morgan fingerprint density at radius 2 is 0.808 bits per heavy atom. The van der Waals surface area contributed by atoms with E-state index in [1.807, 2.05) is 91.0 Å². The first-order valence-corrected chi connectivity index (χ1v) is 10.3. The molecule has 1 aromatic heterocycles. The second kappa shape index (κ2) is 9.36. The van der Waals surface area contributed by atoms with Crippen molar-refractivity contribution in [1.82, 2.24) is 0 Å². The smallest absolute Gasteiger partial charge is 0.134 e. The van der Waals surface area contributed by atoms with Crippen LogP contribution in [0.2, 0.25) is 0 Å². The van der Waals surface area contributed by atoms with Crippen molar-refractivity contribution in [3.05, 3.63) is 104 Å². The molecule has 0 spiro atoms. The SMILES string of the molecule is Brc1ccc(-c2ccc(-c3ccc(Br)cc3)o2)cc1.Brc1ccccc1. The van der Waals surface area contributed by atoms with E-state index in [1.165, 1.54) is 0 Å². The average Bonchev–Trinajstić information content (AvgIpc) is 3.14. The van der Waals surface area contributed by atoms with E-state index in [1.54, 1.807) is 0 Å². The molecule has 0 amide bonds. The van der Waals surface area contributed by atoms with E-state index in [0.29, 0.717) is 0 Å². The maximum Gasteiger partial charge on any atom is 0.134 e. The second-order valence-corrected chi connectivity index (χ2v) is 8.22. The van der Waals surface area contributed by atoms with E-state index in [0.717, 1.165) is 36.1 Å². The van der Waals surface area contributed by atoms with Gasteiger partial charge in [0.1, 0.15) is 11.5 Å². The van der Waals surface area contributed by atoms with E-state index < -0.39 is 0 Å². The topological polar surface area (TPSA) is 13.1 Å². The minimum absolute atomic E-state index is 0.880. The lowest BCUT2D eigenvalue weighted by Gasteiger charge is -1.99. The van der Waals surface area contributed by atoms with Crippen LogP contribution in [0.3, 0.4) is 0 Å². The monoisotopic (exact) mass is 532 g/mol. The third-order valence-electron chi connectivity index (χ3n) is 3.60. The van der Waals surface area contributed by atoms with Crippen molar-refractivity contribution in [3.63, 3.8) is 0 Å². The molecule has 0 saturated carbocycles. The van der Waals surface area contributed by atoms with Crippen LogP contribution < -0.4 is 0 Å². The van der Waals surface area contributed by atoms with Crippen molar-refractivity contribution < 1.29 is 4.42 Å². The van der Waals surface area contributed by atoms with Crippen molar-refractivity contribution >= 4 is 47.8 Å². The molecular formula is C22H15Br3O. The normalized spacial score (nSPS) is 10.1. The van der Waals surface area contributed by atoms with Crippen molar-refractivity contribution in [1.29, 1.82) is 0 Å². The van der Waals surface area contributed by atoms with Crippen LogP contribution in [0.5, 0.6) is 0 Å². The van der Waals surface area contributed by atoms with E-state index in [-0.39, 0.29) is 0 Å². The van der Waals surface area contributed by atoms with Crippen LogP contribution in [0.1, 0.15) is 0 Å². The minimum atomic E-state index is 0.880. The molecule has 0 unspecified atom stereocenters. The highest BCUT2D eigenvalue weighted by Crippen LogP contribution is 2.29. The molecule has 0 N–H and O–H groups in total. The van der Waals surface area contributed by atoms with Gasteiger partial charge in [-0.05, 0) is 48.5 Å². The van der Waals surface area contributed by atoms with Gasteiger partial charge in [-0.1, -0.05) is 90.3 Å². The minimum Gasteiger partial charge on any atom is -0.456 e. The Kier molecular flexibility index (Phi) is 6.89. The van der Waals surface area contributed by atoms with Gasteiger partial charge in [-0.25, -0.2) is 0 Å². The Morgan fingerprint density at radius 1 is 0.423 bits per heavy atom. The quantitative estimate of drug-likeness (QED) is 0.251. The second-order valence-electron chi connectivity index (χ2n) is 5.47. The van der Waals surface area contributed by atoms with E-state index >= 15 is 0 Å². The van der Waals surface area contributed by atoms with Crippen LogP contribution in [0.15, 0.2) is 109 Å². The molecule has 0 radical (unpaired) electrons. The molecule has 0 atom stereocenters. The van der Waals surface area contributed by atoms with Crippen molar-refractivity contribution in [2.24, 2.45) is 0 Å². The molecule has 26 heavy (non-hydrogen) atoms. The largest absolute Gasteiger partial charge is 0.456 e. The van der Waals surface area contributed by atoms with Crippen LogP contribution in [-0.2, 0) is 0 Å². The fraction of sp³-hybridized carbons (Fsp3) is 0. The van der Waals surface area contributed by atoms with Gasteiger partial charge in [0.15, 0.2) is 0 Å². The molecule has 0 bridgehead atoms. The Morgan fingerprint density at radius 3 is 1.15 bits per heavy atom. The predicted octanol–water partition coefficient (Wildman–Crippen LogP) is 8.59. The summed E-state index contributed by atoms with van der Waals surface area (Å²) in [5, 5.41) is 0. The highest BCUT2D eigenvalue weighted by molar-refractivity contribution is 9.11. The van der Waals surface area contributed by atoms with Crippen LogP contribution in [0, 0.1) is 0 Å². The summed E-state index contributed by atoms with van der Waals surface area (Å²) < 4.78 is 9.17. The average molecular weight is 535 g/mol. The van der Waals surface area contributed by atoms with Crippen LogP contribution in [0.4, 0.5) is 0 Å². The molecule has 0 fully saturated rings. The molecule has 130 valence electrons. The van der Waals surface area contributed by atoms with Crippen LogP contribution in [-0.4, -0.2) is 0 Å². The van der Waals surface area contributed by atoms with E-state index in [9.17, 15) is 0 Å². The standard InChI is InChI=1S/C16H10Br2O.C6H5Br/c17-13-5-1-11(2-6-13)15-9-10-16(19-15)12-3-7-14(18)8-4-12;7-6-4-2-1-3-5-6/h1-10H;1-5H. The number of rotatable bonds is 2. The zero-order valence-corrected chi connectivity index (χ0v) is 18.5. The Labute approximate surface area is 178 Å². The van der Waals surface area contributed by atoms with E-state index in [4.69, 9.17) is 4.42 Å². The molecule has 4 aromatic rings. The summed E-state index contributed by atoms with van der Waals surface area (Å²) in [4.78, 5) is 0. The highest BCUT2D eigenvalue weighted by atomic mass is 79.9. The van der Waals surface area contributed by atoms with Crippen molar-refractivity contribution in [2.75, 3.05) is 0 Å². The third-order valence-corrected chi connectivity index (χ3v) is 5.18. The number of halogens is 3. The van der Waals surface area contributed by atoms with Crippen LogP contribution in [0.25, 0.3) is 22.6 Å². The lowest BCUT2D eigenvalue weighted by molar-refractivity contribution is 0.597. The van der Waals surface area contributed by atoms with E-state index in [2.05, 4.69) is 47.8 Å². The summed E-state index contributed by atoms with van der Waals surface area (Å²) >= 11 is 10.2. The number of hydrogen-bond donors (Lipinski definition) is 0. The number of benzene rings is 3. The van der Waals surface area contributed by atoms with Gasteiger partial charge in [-0.15, -0.1) is 0 Å². The molecule has 3 aromatic carbocycles. The zero-order valence-electron chi connectivity index (χ0n) is 13.7. The number of hydrogen-bond acceptors (Lipinski definition) is 1. The van der Waals surface area contributed by atoms with Crippen LogP contribution >= 0.6 is 47.8 Å². The Bertz CT molecular complexity index is 883. The fourth-order valence-corrected chi connectivity index (χ4v) is 3.13.